The molecule has 0 bridgehead atoms. The van der Waals surface area contributed by atoms with Gasteiger partial charge >= 0.3 is 0 Å². The first kappa shape index (κ1) is 19.6. The summed E-state index contributed by atoms with van der Waals surface area (Å²) in [5, 5.41) is 6.39. The quantitative estimate of drug-likeness (QED) is 0.648. The molecule has 8 heteroatoms. The van der Waals surface area contributed by atoms with Gasteiger partial charge in [0.05, 0.1) is 4.90 Å². The molecular formula is C20H21N3O4S. The molecule has 0 unspecified atom stereocenters. The Labute approximate surface area is 163 Å². The Morgan fingerprint density at radius 3 is 2.39 bits per heavy atom. The predicted octanol–water partition coefficient (Wildman–Crippen LogP) is 4.16. The molecule has 7 nitrogen and oxygen atoms in total. The summed E-state index contributed by atoms with van der Waals surface area (Å²) in [7, 11) is -3.90. The van der Waals surface area contributed by atoms with Crippen LogP contribution in [0.1, 0.15) is 41.4 Å². The SMILES string of the molecule is Cc1cc(NS(=O)(=O)c2cccc(C(=O)Nc3ccc(C(C)C)cc3)c2)no1. The first-order valence-electron chi connectivity index (χ1n) is 8.72. The van der Waals surface area contributed by atoms with Crippen LogP contribution in [0.25, 0.3) is 0 Å². The van der Waals surface area contributed by atoms with Gasteiger partial charge < -0.3 is 9.84 Å². The van der Waals surface area contributed by atoms with E-state index in [0.29, 0.717) is 17.4 Å². The molecule has 2 aromatic carbocycles. The maximum Gasteiger partial charge on any atom is 0.263 e. The van der Waals surface area contributed by atoms with Crippen LogP contribution in [0.3, 0.4) is 0 Å². The molecule has 0 atom stereocenters. The van der Waals surface area contributed by atoms with Crippen LogP contribution in [0.15, 0.2) is 64.0 Å². The Kier molecular flexibility index (Phi) is 5.51. The zero-order valence-corrected chi connectivity index (χ0v) is 16.6. The fourth-order valence-electron chi connectivity index (χ4n) is 2.57. The van der Waals surface area contributed by atoms with Crippen LogP contribution < -0.4 is 10.0 Å². The van der Waals surface area contributed by atoms with Crippen LogP contribution in [0, 0.1) is 6.92 Å². The Bertz CT molecular complexity index is 1090. The molecule has 1 heterocycles. The number of carbonyl (C=O) groups is 1. The van der Waals surface area contributed by atoms with Crippen LogP contribution in [0.5, 0.6) is 0 Å². The summed E-state index contributed by atoms with van der Waals surface area (Å²) in [4.78, 5) is 12.5. The van der Waals surface area contributed by atoms with Crippen molar-refractivity contribution in [2.45, 2.75) is 31.6 Å². The molecule has 0 spiro atoms. The van der Waals surface area contributed by atoms with E-state index in [1.165, 1.54) is 29.8 Å². The van der Waals surface area contributed by atoms with Crippen LogP contribution in [0.2, 0.25) is 0 Å². The number of aromatic nitrogens is 1. The van der Waals surface area contributed by atoms with Crippen LogP contribution in [0.4, 0.5) is 11.5 Å². The number of sulfonamides is 1. The van der Waals surface area contributed by atoms with E-state index in [2.05, 4.69) is 29.0 Å². The highest BCUT2D eigenvalue weighted by Gasteiger charge is 2.18. The normalized spacial score (nSPS) is 11.4. The Morgan fingerprint density at radius 2 is 1.79 bits per heavy atom. The summed E-state index contributed by atoms with van der Waals surface area (Å²) < 4.78 is 32.2. The molecule has 3 rings (SSSR count). The minimum atomic E-state index is -3.90. The number of rotatable bonds is 6. The van der Waals surface area contributed by atoms with Crippen molar-refractivity contribution >= 4 is 27.4 Å². The number of hydrogen-bond acceptors (Lipinski definition) is 5. The molecule has 28 heavy (non-hydrogen) atoms. The van der Waals surface area contributed by atoms with Crippen LogP contribution in [-0.4, -0.2) is 19.5 Å². The summed E-state index contributed by atoms with van der Waals surface area (Å²) in [6.45, 7) is 5.84. The lowest BCUT2D eigenvalue weighted by Crippen LogP contribution is -2.16. The zero-order chi connectivity index (χ0) is 20.3. The van der Waals surface area contributed by atoms with Gasteiger partial charge in [-0.25, -0.2) is 8.42 Å². The fraction of sp³-hybridized carbons (Fsp3) is 0.200. The van der Waals surface area contributed by atoms with E-state index in [4.69, 9.17) is 4.52 Å². The van der Waals surface area contributed by atoms with Gasteiger partial charge in [0.15, 0.2) is 5.82 Å². The minimum Gasteiger partial charge on any atom is -0.360 e. The fourth-order valence-corrected chi connectivity index (χ4v) is 3.60. The van der Waals surface area contributed by atoms with Crippen molar-refractivity contribution < 1.29 is 17.7 Å². The Hall–Kier alpha value is -3.13. The average Bonchev–Trinajstić information content (AvgIpc) is 3.06. The second kappa shape index (κ2) is 7.85. The molecule has 0 radical (unpaired) electrons. The van der Waals surface area contributed by atoms with Crippen LogP contribution in [-0.2, 0) is 10.0 Å². The topological polar surface area (TPSA) is 101 Å². The van der Waals surface area contributed by atoms with Gasteiger partial charge in [-0.1, -0.05) is 37.2 Å². The molecule has 0 saturated carbocycles. The highest BCUT2D eigenvalue weighted by atomic mass is 32.2. The third-order valence-electron chi connectivity index (χ3n) is 4.11. The van der Waals surface area contributed by atoms with E-state index in [9.17, 15) is 13.2 Å². The number of nitrogens with zero attached hydrogens (tertiary/aromatic N) is 1. The van der Waals surface area contributed by atoms with Crippen molar-refractivity contribution in [3.8, 4) is 0 Å². The van der Waals surface area contributed by atoms with Crippen LogP contribution >= 0.6 is 0 Å². The number of nitrogens with one attached hydrogen (secondary N) is 2. The van der Waals surface area contributed by atoms with Crippen molar-refractivity contribution in [1.29, 1.82) is 0 Å². The van der Waals surface area contributed by atoms with Gasteiger partial charge in [0.25, 0.3) is 15.9 Å². The van der Waals surface area contributed by atoms with Gasteiger partial charge in [-0.15, -0.1) is 0 Å². The third-order valence-corrected chi connectivity index (χ3v) is 5.46. The summed E-state index contributed by atoms with van der Waals surface area (Å²) in [5.74, 6) is 0.561. The van der Waals surface area contributed by atoms with E-state index in [1.807, 2.05) is 24.3 Å². The number of benzene rings is 2. The summed E-state index contributed by atoms with van der Waals surface area (Å²) >= 11 is 0. The zero-order valence-electron chi connectivity index (χ0n) is 15.8. The third kappa shape index (κ3) is 4.58. The smallest absolute Gasteiger partial charge is 0.263 e. The highest BCUT2D eigenvalue weighted by molar-refractivity contribution is 7.92. The first-order valence-corrected chi connectivity index (χ1v) is 10.2. The van der Waals surface area contributed by atoms with Gasteiger partial charge in [0.1, 0.15) is 5.76 Å². The molecule has 0 aliphatic rings. The largest absolute Gasteiger partial charge is 0.360 e. The number of aryl methyl sites for hydroxylation is 1. The average molecular weight is 399 g/mol. The maximum atomic E-state index is 12.5. The molecule has 146 valence electrons. The minimum absolute atomic E-state index is 0.0454. The second-order valence-corrected chi connectivity index (χ2v) is 8.37. The number of carbonyl (C=O) groups excluding carboxylic acids is 1. The van der Waals surface area contributed by atoms with Crippen molar-refractivity contribution in [3.63, 3.8) is 0 Å². The molecule has 0 aliphatic heterocycles. The lowest BCUT2D eigenvalue weighted by Gasteiger charge is -2.10. The molecule has 1 aromatic heterocycles. The molecule has 2 N–H and O–H groups in total. The number of amides is 1. The predicted molar refractivity (Wildman–Crippen MR) is 107 cm³/mol. The van der Waals surface area contributed by atoms with Gasteiger partial charge in [-0.05, 0) is 48.7 Å². The monoisotopic (exact) mass is 399 g/mol. The first-order chi connectivity index (χ1) is 13.2. The van der Waals surface area contributed by atoms with Gasteiger partial charge in [0.2, 0.25) is 0 Å². The standard InChI is InChI=1S/C20H21N3O4S/c1-13(2)15-7-9-17(10-8-15)21-20(24)16-5-4-6-18(12-16)28(25,26)23-19-11-14(3)27-22-19/h4-13H,1-3H3,(H,21,24)(H,22,23). The lowest BCUT2D eigenvalue weighted by atomic mass is 10.0. The van der Waals surface area contributed by atoms with E-state index in [-0.39, 0.29) is 16.3 Å². The van der Waals surface area contributed by atoms with Crippen molar-refractivity contribution in [3.05, 3.63) is 71.5 Å². The number of hydrogen-bond donors (Lipinski definition) is 2. The van der Waals surface area contributed by atoms with Crippen molar-refractivity contribution in [2.75, 3.05) is 10.0 Å². The summed E-state index contributed by atoms with van der Waals surface area (Å²) in [6, 6.07) is 14.8. The van der Waals surface area contributed by atoms with Crippen molar-refractivity contribution in [2.24, 2.45) is 0 Å². The van der Waals surface area contributed by atoms with E-state index in [1.54, 1.807) is 13.0 Å². The van der Waals surface area contributed by atoms with Crippen molar-refractivity contribution in [1.82, 2.24) is 5.16 Å². The van der Waals surface area contributed by atoms with Gasteiger partial charge in [-0.2, -0.15) is 0 Å². The molecule has 0 fully saturated rings. The molecule has 3 aromatic rings. The Morgan fingerprint density at radius 1 is 1.07 bits per heavy atom. The molecule has 0 saturated heterocycles. The van der Waals surface area contributed by atoms with Gasteiger partial charge in [-0.3, -0.25) is 9.52 Å². The maximum absolute atomic E-state index is 12.5. The lowest BCUT2D eigenvalue weighted by molar-refractivity contribution is 0.102. The molecule has 0 aliphatic carbocycles. The van der Waals surface area contributed by atoms with E-state index >= 15 is 0 Å². The summed E-state index contributed by atoms with van der Waals surface area (Å²) in [5.41, 5.74) is 2.03. The van der Waals surface area contributed by atoms with E-state index < -0.39 is 15.9 Å². The number of anilines is 2. The summed E-state index contributed by atoms with van der Waals surface area (Å²) in [6.07, 6.45) is 0. The second-order valence-electron chi connectivity index (χ2n) is 6.69. The Balaban J connectivity index is 1.77. The molecule has 1 amide bonds. The molecular weight excluding hydrogens is 378 g/mol. The van der Waals surface area contributed by atoms with Gasteiger partial charge in [0, 0.05) is 17.3 Å². The van der Waals surface area contributed by atoms with E-state index in [0.717, 1.165) is 0 Å². The highest BCUT2D eigenvalue weighted by Crippen LogP contribution is 2.20.